The van der Waals surface area contributed by atoms with Crippen LogP contribution in [0, 0.1) is 0 Å². The second kappa shape index (κ2) is 10.4. The Labute approximate surface area is 174 Å². The van der Waals surface area contributed by atoms with E-state index in [9.17, 15) is 0 Å². The van der Waals surface area contributed by atoms with Crippen LogP contribution in [0.15, 0.2) is 0 Å². The molecule has 0 bridgehead atoms. The zero-order chi connectivity index (χ0) is 19.2. The Morgan fingerprint density at radius 2 is 0.679 bits per heavy atom. The smallest absolute Gasteiger partial charge is 0.231 e. The van der Waals surface area contributed by atoms with Gasteiger partial charge >= 0.3 is 0 Å². The predicted octanol–water partition coefficient (Wildman–Crippen LogP) is -2.84. The van der Waals surface area contributed by atoms with Crippen molar-refractivity contribution >= 4 is 17.3 Å². The summed E-state index contributed by atoms with van der Waals surface area (Å²) in [6.07, 6.45) is 0. The molecule has 0 aliphatic carbocycles. The molecule has 4 heterocycles. The van der Waals surface area contributed by atoms with E-state index in [1.165, 1.54) is 0 Å². The maximum Gasteiger partial charge on any atom is 0.231 e. The number of rotatable bonds is 4. The number of hydrogen-bond acceptors (Lipinski definition) is 9. The zero-order valence-corrected chi connectivity index (χ0v) is 17.7. The molecule has 0 unspecified atom stereocenters. The molecule has 0 atom stereocenters. The van der Waals surface area contributed by atoms with Crippen molar-refractivity contribution in [3.05, 3.63) is 0 Å². The standard InChI is InChI=1S/C17H36N10S/c28-17(26(22-9-1-18-2-10-22)23-11-3-19-4-12-23)27(24-13-5-20-6-14-24)25-15-7-21-8-16-25/h18-21H,1-16H2. The van der Waals surface area contributed by atoms with Crippen LogP contribution >= 0.6 is 12.2 Å². The first-order chi connectivity index (χ1) is 13.8. The molecule has 4 rings (SSSR count). The number of thiocarbonyl (C=S) groups is 1. The van der Waals surface area contributed by atoms with E-state index >= 15 is 0 Å². The zero-order valence-electron chi connectivity index (χ0n) is 16.9. The van der Waals surface area contributed by atoms with E-state index in [2.05, 4.69) is 51.5 Å². The van der Waals surface area contributed by atoms with Crippen molar-refractivity contribution in [2.75, 3.05) is 105 Å². The van der Waals surface area contributed by atoms with Gasteiger partial charge in [-0.1, -0.05) is 0 Å². The highest BCUT2D eigenvalue weighted by molar-refractivity contribution is 7.80. The molecule has 4 fully saturated rings. The second-order valence-corrected chi connectivity index (χ2v) is 8.04. The van der Waals surface area contributed by atoms with Gasteiger partial charge in [-0.3, -0.25) is 0 Å². The fraction of sp³-hybridized carbons (Fsp3) is 0.941. The van der Waals surface area contributed by atoms with Crippen molar-refractivity contribution in [2.45, 2.75) is 0 Å². The van der Waals surface area contributed by atoms with Gasteiger partial charge in [0, 0.05) is 105 Å². The Balaban J connectivity index is 1.57. The summed E-state index contributed by atoms with van der Waals surface area (Å²) in [6.45, 7) is 15.9. The molecule has 4 N–H and O–H groups in total. The molecule has 4 aliphatic heterocycles. The summed E-state index contributed by atoms with van der Waals surface area (Å²) in [7, 11) is 0. The molecule has 160 valence electrons. The second-order valence-electron chi connectivity index (χ2n) is 7.68. The van der Waals surface area contributed by atoms with Gasteiger partial charge in [-0.2, -0.15) is 0 Å². The third kappa shape index (κ3) is 4.91. The van der Waals surface area contributed by atoms with Crippen LogP contribution in [-0.4, -0.2) is 140 Å². The third-order valence-electron chi connectivity index (χ3n) is 5.79. The lowest BCUT2D eigenvalue weighted by molar-refractivity contribution is -0.190. The molecule has 10 nitrogen and oxygen atoms in total. The fourth-order valence-electron chi connectivity index (χ4n) is 4.29. The van der Waals surface area contributed by atoms with Gasteiger partial charge in [-0.05, 0) is 12.2 Å². The average Bonchev–Trinajstić information content (AvgIpc) is 2.77. The van der Waals surface area contributed by atoms with Crippen LogP contribution in [0.5, 0.6) is 0 Å². The normalized spacial score (nSPS) is 26.9. The summed E-state index contributed by atoms with van der Waals surface area (Å²) in [5.74, 6) is 0. The van der Waals surface area contributed by atoms with E-state index in [4.69, 9.17) is 12.2 Å². The molecule has 0 spiro atoms. The van der Waals surface area contributed by atoms with Gasteiger partial charge in [-0.25, -0.2) is 30.3 Å². The molecule has 0 saturated carbocycles. The minimum absolute atomic E-state index is 0.896. The Hall–Kier alpha value is -0.630. The Morgan fingerprint density at radius 3 is 0.893 bits per heavy atom. The van der Waals surface area contributed by atoms with Crippen molar-refractivity contribution in [1.29, 1.82) is 0 Å². The molecule has 28 heavy (non-hydrogen) atoms. The highest BCUT2D eigenvalue weighted by atomic mass is 32.1. The highest BCUT2D eigenvalue weighted by Gasteiger charge is 2.36. The lowest BCUT2D eigenvalue weighted by atomic mass is 10.4. The van der Waals surface area contributed by atoms with Crippen LogP contribution in [0.3, 0.4) is 0 Å². The van der Waals surface area contributed by atoms with Gasteiger partial charge in [0.1, 0.15) is 0 Å². The van der Waals surface area contributed by atoms with Crippen LogP contribution in [0.1, 0.15) is 0 Å². The first-order valence-electron chi connectivity index (χ1n) is 10.8. The Bertz CT molecular complexity index is 406. The van der Waals surface area contributed by atoms with E-state index < -0.39 is 0 Å². The highest BCUT2D eigenvalue weighted by Crippen LogP contribution is 2.17. The summed E-state index contributed by atoms with van der Waals surface area (Å²) in [5, 5.41) is 29.2. The van der Waals surface area contributed by atoms with E-state index in [1.807, 2.05) is 0 Å². The Kier molecular flexibility index (Phi) is 7.68. The van der Waals surface area contributed by atoms with Gasteiger partial charge in [0.05, 0.1) is 0 Å². The molecule has 0 aromatic carbocycles. The van der Waals surface area contributed by atoms with E-state index in [0.717, 1.165) is 110 Å². The molecular formula is C17H36N10S. The number of hydrogen-bond donors (Lipinski definition) is 4. The molecule has 0 radical (unpaired) electrons. The summed E-state index contributed by atoms with van der Waals surface area (Å²) in [4.78, 5) is 0. The van der Waals surface area contributed by atoms with Crippen molar-refractivity contribution in [3.8, 4) is 0 Å². The number of hydrazine groups is 4. The maximum absolute atomic E-state index is 6.22. The quantitative estimate of drug-likeness (QED) is 0.361. The van der Waals surface area contributed by atoms with Crippen molar-refractivity contribution in [1.82, 2.24) is 51.5 Å². The Morgan fingerprint density at radius 1 is 0.464 bits per heavy atom. The van der Waals surface area contributed by atoms with Crippen molar-refractivity contribution in [3.63, 3.8) is 0 Å². The van der Waals surface area contributed by atoms with Gasteiger partial charge in [0.15, 0.2) is 0 Å². The topological polar surface area (TPSA) is 67.6 Å². The lowest BCUT2D eigenvalue weighted by Crippen LogP contribution is -2.71. The summed E-state index contributed by atoms with van der Waals surface area (Å²) in [6, 6.07) is 0. The summed E-state index contributed by atoms with van der Waals surface area (Å²) < 4.78 is 0. The van der Waals surface area contributed by atoms with Crippen LogP contribution in [0.25, 0.3) is 0 Å². The molecule has 0 aromatic rings. The largest absolute Gasteiger partial charge is 0.314 e. The number of piperazine rings is 4. The van der Waals surface area contributed by atoms with Gasteiger partial charge in [-0.15, -0.1) is 0 Å². The van der Waals surface area contributed by atoms with Gasteiger partial charge < -0.3 is 21.3 Å². The van der Waals surface area contributed by atoms with Crippen molar-refractivity contribution in [2.24, 2.45) is 0 Å². The molecular weight excluding hydrogens is 376 g/mol. The lowest BCUT2D eigenvalue weighted by Gasteiger charge is -2.53. The fourth-order valence-corrected chi connectivity index (χ4v) is 4.75. The van der Waals surface area contributed by atoms with Gasteiger partial charge in [0.2, 0.25) is 5.11 Å². The van der Waals surface area contributed by atoms with E-state index in [0.29, 0.717) is 0 Å². The molecule has 4 aliphatic rings. The van der Waals surface area contributed by atoms with Crippen LogP contribution in [-0.2, 0) is 0 Å². The third-order valence-corrected chi connectivity index (χ3v) is 6.11. The van der Waals surface area contributed by atoms with Crippen LogP contribution in [0.4, 0.5) is 0 Å². The summed E-state index contributed by atoms with van der Waals surface area (Å²) >= 11 is 6.22. The monoisotopic (exact) mass is 412 g/mol. The number of nitrogens with one attached hydrogen (secondary N) is 4. The van der Waals surface area contributed by atoms with Crippen molar-refractivity contribution < 1.29 is 0 Å². The van der Waals surface area contributed by atoms with Gasteiger partial charge in [0.25, 0.3) is 0 Å². The summed E-state index contributed by atoms with van der Waals surface area (Å²) in [5.41, 5.74) is 0. The maximum atomic E-state index is 6.22. The predicted molar refractivity (Wildman–Crippen MR) is 114 cm³/mol. The first kappa shape index (κ1) is 20.6. The molecule has 11 heteroatoms. The minimum Gasteiger partial charge on any atom is -0.314 e. The van der Waals surface area contributed by atoms with E-state index in [-0.39, 0.29) is 0 Å². The minimum atomic E-state index is 0.896. The van der Waals surface area contributed by atoms with Crippen LogP contribution in [0.2, 0.25) is 0 Å². The van der Waals surface area contributed by atoms with E-state index in [1.54, 1.807) is 0 Å². The SMILES string of the molecule is S=C(N(N1CCNCC1)N1CCNCC1)N(N1CCNCC1)N1CCNCC1. The molecule has 0 aromatic heterocycles. The van der Waals surface area contributed by atoms with Crippen LogP contribution < -0.4 is 21.3 Å². The first-order valence-corrected chi connectivity index (χ1v) is 11.2. The number of nitrogens with zero attached hydrogens (tertiary/aromatic N) is 6. The average molecular weight is 413 g/mol. The molecule has 0 amide bonds. The molecule has 4 saturated heterocycles.